The van der Waals surface area contributed by atoms with Gasteiger partial charge in [0.1, 0.15) is 11.6 Å². The van der Waals surface area contributed by atoms with Crippen LogP contribution in [0.4, 0.5) is 8.78 Å². The normalized spacial score (nSPS) is 10.5. The van der Waals surface area contributed by atoms with E-state index in [0.717, 1.165) is 28.2 Å². The average Bonchev–Trinajstić information content (AvgIpc) is 2.32. The molecule has 2 rings (SSSR count). The summed E-state index contributed by atoms with van der Waals surface area (Å²) in [6.45, 7) is 1.87. The molecule has 0 spiro atoms. The minimum absolute atomic E-state index is 0.0719. The van der Waals surface area contributed by atoms with Gasteiger partial charge in [-0.3, -0.25) is 4.79 Å². The molecule has 4 heteroatoms. The molecule has 19 heavy (non-hydrogen) atoms. The Morgan fingerprint density at radius 2 is 1.89 bits per heavy atom. The molecule has 0 atom stereocenters. The second-order valence-corrected chi connectivity index (χ2v) is 5.27. The molecular formula is C15H11BrF2O. The zero-order chi connectivity index (χ0) is 14.0. The van der Waals surface area contributed by atoms with Crippen molar-refractivity contribution >= 4 is 21.7 Å². The summed E-state index contributed by atoms with van der Waals surface area (Å²) in [6.07, 6.45) is -0.153. The van der Waals surface area contributed by atoms with Gasteiger partial charge in [-0.25, -0.2) is 8.78 Å². The van der Waals surface area contributed by atoms with Crippen molar-refractivity contribution in [1.82, 2.24) is 0 Å². The minimum atomic E-state index is -0.568. The lowest BCUT2D eigenvalue weighted by molar-refractivity contribution is 0.0991. The van der Waals surface area contributed by atoms with Crippen LogP contribution in [0, 0.1) is 18.6 Å². The summed E-state index contributed by atoms with van der Waals surface area (Å²) < 4.78 is 27.3. The van der Waals surface area contributed by atoms with Crippen molar-refractivity contribution in [3.63, 3.8) is 0 Å². The molecular weight excluding hydrogens is 314 g/mol. The molecule has 1 nitrogen and oxygen atoms in total. The van der Waals surface area contributed by atoms with E-state index in [0.29, 0.717) is 5.56 Å². The van der Waals surface area contributed by atoms with Gasteiger partial charge in [0, 0.05) is 16.5 Å². The van der Waals surface area contributed by atoms with Crippen LogP contribution >= 0.6 is 15.9 Å². The highest BCUT2D eigenvalue weighted by Gasteiger charge is 2.12. The van der Waals surface area contributed by atoms with Gasteiger partial charge >= 0.3 is 0 Å². The lowest BCUT2D eigenvalue weighted by Gasteiger charge is -2.05. The molecule has 0 aromatic heterocycles. The Labute approximate surface area is 118 Å². The number of ketones is 1. The fourth-order valence-electron chi connectivity index (χ4n) is 1.85. The van der Waals surface area contributed by atoms with Gasteiger partial charge in [-0.15, -0.1) is 0 Å². The number of halogens is 3. The van der Waals surface area contributed by atoms with E-state index in [-0.39, 0.29) is 17.8 Å². The third-order valence-electron chi connectivity index (χ3n) is 2.72. The Kier molecular flexibility index (Phi) is 4.10. The van der Waals surface area contributed by atoms with E-state index in [1.165, 1.54) is 0 Å². The van der Waals surface area contributed by atoms with Crippen molar-refractivity contribution in [2.24, 2.45) is 0 Å². The standard InChI is InChI=1S/C15H11BrF2O/c1-9-4-11(6-12(16)5-9)15(19)8-10-7-13(17)2-3-14(10)18/h2-7H,8H2,1H3. The summed E-state index contributed by atoms with van der Waals surface area (Å²) in [5.41, 5.74) is 1.48. The lowest BCUT2D eigenvalue weighted by Crippen LogP contribution is -2.06. The topological polar surface area (TPSA) is 17.1 Å². The van der Waals surface area contributed by atoms with Gasteiger partial charge < -0.3 is 0 Å². The Hall–Kier alpha value is -1.55. The van der Waals surface area contributed by atoms with Crippen molar-refractivity contribution in [3.05, 3.63) is 69.2 Å². The fourth-order valence-corrected chi connectivity index (χ4v) is 2.46. The molecule has 0 bridgehead atoms. The van der Waals surface area contributed by atoms with Crippen LogP contribution in [0.15, 0.2) is 40.9 Å². The lowest BCUT2D eigenvalue weighted by atomic mass is 10.0. The van der Waals surface area contributed by atoms with Crippen LogP contribution < -0.4 is 0 Å². The Balaban J connectivity index is 2.28. The molecule has 0 unspecified atom stereocenters. The highest BCUT2D eigenvalue weighted by molar-refractivity contribution is 9.10. The summed E-state index contributed by atoms with van der Waals surface area (Å²) in [4.78, 5) is 12.1. The first-order chi connectivity index (χ1) is 8.95. The highest BCUT2D eigenvalue weighted by Crippen LogP contribution is 2.18. The van der Waals surface area contributed by atoms with Crippen molar-refractivity contribution in [2.75, 3.05) is 0 Å². The van der Waals surface area contributed by atoms with Crippen molar-refractivity contribution in [2.45, 2.75) is 13.3 Å². The summed E-state index contributed by atoms with van der Waals surface area (Å²) in [7, 11) is 0. The first-order valence-corrected chi connectivity index (χ1v) is 6.49. The SMILES string of the molecule is Cc1cc(Br)cc(C(=O)Cc2cc(F)ccc2F)c1. The summed E-state index contributed by atoms with van der Waals surface area (Å²) in [5, 5.41) is 0. The molecule has 0 fully saturated rings. The first-order valence-electron chi connectivity index (χ1n) is 5.70. The van der Waals surface area contributed by atoms with E-state index in [2.05, 4.69) is 15.9 Å². The Morgan fingerprint density at radius 1 is 1.16 bits per heavy atom. The van der Waals surface area contributed by atoms with Gasteiger partial charge in [0.2, 0.25) is 0 Å². The van der Waals surface area contributed by atoms with Crippen molar-refractivity contribution in [3.8, 4) is 0 Å². The zero-order valence-corrected chi connectivity index (χ0v) is 11.8. The molecule has 0 saturated heterocycles. The molecule has 0 amide bonds. The molecule has 0 N–H and O–H groups in total. The molecule has 0 radical (unpaired) electrons. The Morgan fingerprint density at radius 3 is 2.58 bits per heavy atom. The van der Waals surface area contributed by atoms with Crippen LogP contribution in [0.5, 0.6) is 0 Å². The van der Waals surface area contributed by atoms with Crippen molar-refractivity contribution < 1.29 is 13.6 Å². The van der Waals surface area contributed by atoms with Crippen LogP contribution in [0.3, 0.4) is 0 Å². The van der Waals surface area contributed by atoms with Crippen LogP contribution in [0.1, 0.15) is 21.5 Å². The van der Waals surface area contributed by atoms with Gasteiger partial charge in [-0.1, -0.05) is 15.9 Å². The van der Waals surface area contributed by atoms with Crippen LogP contribution in [0.2, 0.25) is 0 Å². The van der Waals surface area contributed by atoms with Gasteiger partial charge in [0.05, 0.1) is 0 Å². The second-order valence-electron chi connectivity index (χ2n) is 4.35. The average molecular weight is 325 g/mol. The van der Waals surface area contributed by atoms with E-state index in [4.69, 9.17) is 0 Å². The maximum absolute atomic E-state index is 13.5. The van der Waals surface area contributed by atoms with Crippen LogP contribution in [-0.4, -0.2) is 5.78 Å². The molecule has 2 aromatic carbocycles. The summed E-state index contributed by atoms with van der Waals surface area (Å²) >= 11 is 3.31. The van der Waals surface area contributed by atoms with Gasteiger partial charge in [-0.2, -0.15) is 0 Å². The fraction of sp³-hybridized carbons (Fsp3) is 0.133. The number of benzene rings is 2. The van der Waals surface area contributed by atoms with E-state index in [1.54, 1.807) is 12.1 Å². The molecule has 0 aliphatic carbocycles. The van der Waals surface area contributed by atoms with Gasteiger partial charge in [0.15, 0.2) is 5.78 Å². The smallest absolute Gasteiger partial charge is 0.167 e. The number of Topliss-reactive ketones (excluding diaryl/α,β-unsaturated/α-hetero) is 1. The summed E-state index contributed by atoms with van der Waals surface area (Å²) in [5.74, 6) is -1.36. The number of aryl methyl sites for hydroxylation is 1. The van der Waals surface area contributed by atoms with E-state index < -0.39 is 11.6 Å². The maximum atomic E-state index is 13.5. The quantitative estimate of drug-likeness (QED) is 0.762. The van der Waals surface area contributed by atoms with Crippen LogP contribution in [-0.2, 0) is 6.42 Å². The van der Waals surface area contributed by atoms with Crippen molar-refractivity contribution in [1.29, 1.82) is 0 Å². The monoisotopic (exact) mass is 324 g/mol. The number of rotatable bonds is 3. The molecule has 0 heterocycles. The number of carbonyl (C=O) groups excluding carboxylic acids is 1. The molecule has 2 aromatic rings. The molecule has 0 saturated carbocycles. The third kappa shape index (κ3) is 3.47. The van der Waals surface area contributed by atoms with E-state index >= 15 is 0 Å². The maximum Gasteiger partial charge on any atom is 0.167 e. The number of carbonyl (C=O) groups is 1. The third-order valence-corrected chi connectivity index (χ3v) is 3.18. The summed E-state index contributed by atoms with van der Waals surface area (Å²) in [6, 6.07) is 8.39. The minimum Gasteiger partial charge on any atom is -0.294 e. The highest BCUT2D eigenvalue weighted by atomic mass is 79.9. The molecule has 98 valence electrons. The first kappa shape index (κ1) is 13.9. The predicted molar refractivity (Wildman–Crippen MR) is 73.3 cm³/mol. The van der Waals surface area contributed by atoms with Gasteiger partial charge in [0.25, 0.3) is 0 Å². The molecule has 0 aliphatic heterocycles. The van der Waals surface area contributed by atoms with E-state index in [9.17, 15) is 13.6 Å². The number of hydrogen-bond acceptors (Lipinski definition) is 1. The van der Waals surface area contributed by atoms with E-state index in [1.807, 2.05) is 13.0 Å². The number of hydrogen-bond donors (Lipinski definition) is 0. The largest absolute Gasteiger partial charge is 0.294 e. The Bertz CT molecular complexity index is 618. The second kappa shape index (κ2) is 5.61. The van der Waals surface area contributed by atoms with Gasteiger partial charge in [-0.05, 0) is 54.4 Å². The molecule has 0 aliphatic rings. The van der Waals surface area contributed by atoms with Crippen LogP contribution in [0.25, 0.3) is 0 Å². The predicted octanol–water partition coefficient (Wildman–Crippen LogP) is 4.46. The zero-order valence-electron chi connectivity index (χ0n) is 10.2.